The van der Waals surface area contributed by atoms with E-state index in [0.717, 1.165) is 25.6 Å². The van der Waals surface area contributed by atoms with Gasteiger partial charge in [-0.15, -0.1) is 0 Å². The van der Waals surface area contributed by atoms with Crippen LogP contribution in [0.15, 0.2) is 0 Å². The normalized spacial score (nSPS) is 34.9. The lowest BCUT2D eigenvalue weighted by Crippen LogP contribution is -2.53. The van der Waals surface area contributed by atoms with Gasteiger partial charge in [0.25, 0.3) is 0 Å². The van der Waals surface area contributed by atoms with E-state index in [0.29, 0.717) is 12.1 Å². The summed E-state index contributed by atoms with van der Waals surface area (Å²) in [6.07, 6.45) is 4.50. The van der Waals surface area contributed by atoms with Crippen molar-refractivity contribution in [3.63, 3.8) is 0 Å². The van der Waals surface area contributed by atoms with Gasteiger partial charge in [-0.25, -0.2) is 0 Å². The Bertz CT molecular complexity index is 204. The molecule has 2 fully saturated rings. The fourth-order valence-corrected chi connectivity index (χ4v) is 2.93. The second-order valence-corrected chi connectivity index (χ2v) is 5.27. The summed E-state index contributed by atoms with van der Waals surface area (Å²) in [6.45, 7) is 10.1. The van der Waals surface area contributed by atoms with Gasteiger partial charge >= 0.3 is 0 Å². The smallest absolute Gasteiger partial charge is 0.0852 e. The molecule has 2 saturated heterocycles. The lowest BCUT2D eigenvalue weighted by Gasteiger charge is -2.41. The van der Waals surface area contributed by atoms with Crippen molar-refractivity contribution in [3.05, 3.63) is 0 Å². The van der Waals surface area contributed by atoms with E-state index in [1.54, 1.807) is 0 Å². The Balaban J connectivity index is 1.84. The molecule has 0 aromatic carbocycles. The van der Waals surface area contributed by atoms with E-state index in [9.17, 15) is 0 Å². The van der Waals surface area contributed by atoms with Crippen LogP contribution in [0.1, 0.15) is 33.1 Å². The molecule has 0 spiro atoms. The van der Waals surface area contributed by atoms with Crippen LogP contribution in [-0.4, -0.2) is 49.8 Å². The van der Waals surface area contributed by atoms with Crippen molar-refractivity contribution in [3.8, 4) is 0 Å². The predicted octanol–water partition coefficient (Wildman–Crippen LogP) is 1.49. The third-order valence-electron chi connectivity index (χ3n) is 4.20. The van der Waals surface area contributed by atoms with Gasteiger partial charge < -0.3 is 10.1 Å². The van der Waals surface area contributed by atoms with Gasteiger partial charge in [-0.2, -0.15) is 0 Å². The number of nitrogens with zero attached hydrogens (tertiary/aromatic N) is 1. The summed E-state index contributed by atoms with van der Waals surface area (Å²) in [4.78, 5) is 2.63. The third-order valence-corrected chi connectivity index (χ3v) is 4.20. The molecule has 94 valence electrons. The molecule has 3 heteroatoms. The molecule has 0 amide bonds. The largest absolute Gasteiger partial charge is 0.374 e. The zero-order valence-corrected chi connectivity index (χ0v) is 10.7. The van der Waals surface area contributed by atoms with Crippen LogP contribution in [0.3, 0.4) is 0 Å². The molecule has 2 heterocycles. The Morgan fingerprint density at radius 1 is 1.50 bits per heavy atom. The van der Waals surface area contributed by atoms with Crippen molar-refractivity contribution < 1.29 is 4.74 Å². The van der Waals surface area contributed by atoms with Crippen LogP contribution in [0.5, 0.6) is 0 Å². The molecule has 2 aliphatic rings. The third kappa shape index (κ3) is 2.96. The van der Waals surface area contributed by atoms with Gasteiger partial charge in [0.05, 0.1) is 12.7 Å². The quantitative estimate of drug-likeness (QED) is 0.789. The maximum Gasteiger partial charge on any atom is 0.0852 e. The zero-order valence-electron chi connectivity index (χ0n) is 10.7. The predicted molar refractivity (Wildman–Crippen MR) is 66.7 cm³/mol. The number of likely N-dealkylation sites (tertiary alicyclic amines) is 1. The number of rotatable bonds is 3. The lowest BCUT2D eigenvalue weighted by atomic mass is 9.94. The number of piperidine rings is 1. The number of hydrogen-bond acceptors (Lipinski definition) is 3. The summed E-state index contributed by atoms with van der Waals surface area (Å²) in [5.74, 6) is 0.910. The highest BCUT2D eigenvalue weighted by Crippen LogP contribution is 2.22. The van der Waals surface area contributed by atoms with Crippen LogP contribution in [0.25, 0.3) is 0 Å². The number of ether oxygens (including phenoxy) is 1. The zero-order chi connectivity index (χ0) is 11.4. The first-order chi connectivity index (χ1) is 7.81. The standard InChI is InChI=1S/C13H26N2O/c1-3-12-5-4-7-15(10-12)11(2)13-9-14-6-8-16-13/h11-14H,3-10H2,1-2H3. The van der Waals surface area contributed by atoms with Crippen molar-refractivity contribution in [2.75, 3.05) is 32.8 Å². The Kier molecular flexibility index (Phi) is 4.62. The first-order valence-electron chi connectivity index (χ1n) is 6.87. The molecule has 3 unspecified atom stereocenters. The average Bonchev–Trinajstić information content (AvgIpc) is 2.39. The highest BCUT2D eigenvalue weighted by molar-refractivity contribution is 4.84. The molecule has 2 aliphatic heterocycles. The molecule has 3 nitrogen and oxygen atoms in total. The maximum absolute atomic E-state index is 5.86. The van der Waals surface area contributed by atoms with Gasteiger partial charge in [-0.3, -0.25) is 4.90 Å². The van der Waals surface area contributed by atoms with E-state index in [2.05, 4.69) is 24.1 Å². The minimum Gasteiger partial charge on any atom is -0.374 e. The Labute approximate surface area is 99.5 Å². The van der Waals surface area contributed by atoms with Gasteiger partial charge in [0.2, 0.25) is 0 Å². The molecule has 0 bridgehead atoms. The van der Waals surface area contributed by atoms with Gasteiger partial charge in [-0.05, 0) is 32.2 Å². The molecule has 0 aromatic rings. The van der Waals surface area contributed by atoms with Crippen molar-refractivity contribution in [2.24, 2.45) is 5.92 Å². The molecular weight excluding hydrogens is 200 g/mol. The van der Waals surface area contributed by atoms with Crippen molar-refractivity contribution in [2.45, 2.75) is 45.3 Å². The highest BCUT2D eigenvalue weighted by atomic mass is 16.5. The van der Waals surface area contributed by atoms with Crippen LogP contribution in [-0.2, 0) is 4.74 Å². The van der Waals surface area contributed by atoms with E-state index >= 15 is 0 Å². The fourth-order valence-electron chi connectivity index (χ4n) is 2.93. The molecule has 3 atom stereocenters. The van der Waals surface area contributed by atoms with E-state index in [4.69, 9.17) is 4.74 Å². The SMILES string of the molecule is CCC1CCCN(C(C)C2CNCCO2)C1. The topological polar surface area (TPSA) is 24.5 Å². The minimum atomic E-state index is 0.393. The van der Waals surface area contributed by atoms with E-state index in [1.807, 2.05) is 0 Å². The van der Waals surface area contributed by atoms with Gasteiger partial charge in [0.1, 0.15) is 0 Å². The maximum atomic E-state index is 5.86. The van der Waals surface area contributed by atoms with Crippen molar-refractivity contribution >= 4 is 0 Å². The molecule has 2 rings (SSSR count). The first-order valence-corrected chi connectivity index (χ1v) is 6.87. The molecule has 1 N–H and O–H groups in total. The summed E-state index contributed by atoms with van der Waals surface area (Å²) >= 11 is 0. The average molecular weight is 226 g/mol. The fraction of sp³-hybridized carbons (Fsp3) is 1.00. The Morgan fingerprint density at radius 2 is 2.38 bits per heavy atom. The van der Waals surface area contributed by atoms with Crippen LogP contribution in [0.2, 0.25) is 0 Å². The van der Waals surface area contributed by atoms with Gasteiger partial charge in [0.15, 0.2) is 0 Å². The van der Waals surface area contributed by atoms with E-state index < -0.39 is 0 Å². The Hall–Kier alpha value is -0.120. The molecular formula is C13H26N2O. The van der Waals surface area contributed by atoms with Crippen LogP contribution < -0.4 is 5.32 Å². The minimum absolute atomic E-state index is 0.393. The summed E-state index contributed by atoms with van der Waals surface area (Å²) in [7, 11) is 0. The second kappa shape index (κ2) is 5.99. The molecule has 0 saturated carbocycles. The molecule has 0 aromatic heterocycles. The van der Waals surface area contributed by atoms with E-state index in [-0.39, 0.29) is 0 Å². The van der Waals surface area contributed by atoms with Crippen LogP contribution in [0, 0.1) is 5.92 Å². The summed E-state index contributed by atoms with van der Waals surface area (Å²) in [6, 6.07) is 0.571. The lowest BCUT2D eigenvalue weighted by molar-refractivity contribution is -0.0358. The number of morpholine rings is 1. The molecule has 16 heavy (non-hydrogen) atoms. The summed E-state index contributed by atoms with van der Waals surface area (Å²) < 4.78 is 5.86. The van der Waals surface area contributed by atoms with Crippen LogP contribution >= 0.6 is 0 Å². The molecule has 0 radical (unpaired) electrons. The monoisotopic (exact) mass is 226 g/mol. The first kappa shape index (κ1) is 12.3. The molecule has 0 aliphatic carbocycles. The van der Waals surface area contributed by atoms with Crippen molar-refractivity contribution in [1.82, 2.24) is 10.2 Å². The second-order valence-electron chi connectivity index (χ2n) is 5.27. The van der Waals surface area contributed by atoms with E-state index in [1.165, 1.54) is 32.4 Å². The van der Waals surface area contributed by atoms with Crippen LogP contribution in [0.4, 0.5) is 0 Å². The summed E-state index contributed by atoms with van der Waals surface area (Å²) in [5, 5.41) is 3.43. The summed E-state index contributed by atoms with van der Waals surface area (Å²) in [5.41, 5.74) is 0. The van der Waals surface area contributed by atoms with Gasteiger partial charge in [-0.1, -0.05) is 13.3 Å². The highest BCUT2D eigenvalue weighted by Gasteiger charge is 2.29. The van der Waals surface area contributed by atoms with Gasteiger partial charge in [0, 0.05) is 25.7 Å². The number of nitrogens with one attached hydrogen (secondary N) is 1. The number of hydrogen-bond donors (Lipinski definition) is 1. The van der Waals surface area contributed by atoms with Crippen molar-refractivity contribution in [1.29, 1.82) is 0 Å². The Morgan fingerprint density at radius 3 is 3.06 bits per heavy atom.